The molecule has 2 rings (SSSR count). The summed E-state index contributed by atoms with van der Waals surface area (Å²) in [6.45, 7) is 0. The number of hydrazine groups is 1. The molecule has 0 saturated heterocycles. The first kappa shape index (κ1) is 15.5. The molecule has 2 N–H and O–H groups in total. The molecule has 0 bridgehead atoms. The molecule has 0 aliphatic rings. The van der Waals surface area contributed by atoms with Crippen LogP contribution in [-0.2, 0) is 22.4 Å². The Balaban J connectivity index is 0.00000180. The van der Waals surface area contributed by atoms with E-state index in [-0.39, 0.29) is 27.5 Å². The number of anilines is 1. The second kappa shape index (κ2) is 8.55. The van der Waals surface area contributed by atoms with Crippen molar-refractivity contribution >= 4 is 28.7 Å². The van der Waals surface area contributed by atoms with E-state index in [1.165, 1.54) is 0 Å². The normalized spacial score (nSPS) is 9.68. The van der Waals surface area contributed by atoms with Gasteiger partial charge in [-0.25, -0.2) is 0 Å². The summed E-state index contributed by atoms with van der Waals surface area (Å²) in [5.41, 5.74) is 7.40. The second-order valence-electron chi connectivity index (χ2n) is 3.46. The minimum atomic E-state index is 0. The Labute approximate surface area is 132 Å². The predicted molar refractivity (Wildman–Crippen MR) is 76.8 cm³/mol. The molecule has 0 saturated carbocycles. The number of azo groups is 1. The van der Waals surface area contributed by atoms with Crippen molar-refractivity contribution in [3.8, 4) is 0 Å². The Morgan fingerprint density at radius 1 is 0.895 bits per heavy atom. The number of benzene rings is 2. The maximum Gasteiger partial charge on any atom is 0.232 e. The van der Waals surface area contributed by atoms with Gasteiger partial charge in [0, 0.05) is 22.4 Å². The Morgan fingerprint density at radius 3 is 2.11 bits per heavy atom. The Hall–Kier alpha value is -1.53. The molecule has 0 amide bonds. The molecule has 0 unspecified atom stereocenters. The summed E-state index contributed by atoms with van der Waals surface area (Å²) < 4.78 is 0. The average molecular weight is 364 g/mol. The molecule has 0 spiro atoms. The van der Waals surface area contributed by atoms with E-state index in [9.17, 15) is 0 Å². The van der Waals surface area contributed by atoms with Gasteiger partial charge in [-0.15, -0.1) is 10.2 Å². The van der Waals surface area contributed by atoms with Crippen LogP contribution in [0.1, 0.15) is 0 Å². The van der Waals surface area contributed by atoms with E-state index in [1.54, 1.807) is 0 Å². The maximum absolute atomic E-state index is 5.02. The van der Waals surface area contributed by atoms with Gasteiger partial charge in [-0.1, -0.05) is 36.4 Å². The number of nitrogens with zero attached hydrogens (tertiary/aromatic N) is 2. The molecule has 0 heterocycles. The summed E-state index contributed by atoms with van der Waals surface area (Å²) in [5, 5.41) is 8.17. The van der Waals surface area contributed by atoms with Gasteiger partial charge >= 0.3 is 0 Å². The molecule has 19 heavy (non-hydrogen) atoms. The van der Waals surface area contributed by atoms with Crippen molar-refractivity contribution in [3.63, 3.8) is 0 Å². The minimum absolute atomic E-state index is 0. The third-order valence-electron chi connectivity index (χ3n) is 2.10. The number of nitrogens with one attached hydrogen (secondary N) is 2. The van der Waals surface area contributed by atoms with Crippen LogP contribution >= 0.6 is 12.2 Å². The molecule has 1 radical (unpaired) electrons. The van der Waals surface area contributed by atoms with E-state index in [0.717, 1.165) is 11.4 Å². The molecule has 2 aromatic rings. The summed E-state index contributed by atoms with van der Waals surface area (Å²) >= 11 is 5.02. The molecular formula is C13H12AgN4S. The first-order valence-electron chi connectivity index (χ1n) is 5.42. The van der Waals surface area contributed by atoms with Gasteiger partial charge in [0.1, 0.15) is 0 Å². The van der Waals surface area contributed by atoms with Crippen LogP contribution < -0.4 is 10.9 Å². The zero-order valence-electron chi connectivity index (χ0n) is 9.88. The second-order valence-corrected chi connectivity index (χ2v) is 3.84. The predicted octanol–water partition coefficient (Wildman–Crippen LogP) is 3.67. The maximum atomic E-state index is 5.02. The average Bonchev–Trinajstić information content (AvgIpc) is 2.45. The quantitative estimate of drug-likeness (QED) is 0.378. The van der Waals surface area contributed by atoms with Gasteiger partial charge in [0.05, 0.1) is 11.4 Å². The van der Waals surface area contributed by atoms with Crippen molar-refractivity contribution in [2.45, 2.75) is 0 Å². The summed E-state index contributed by atoms with van der Waals surface area (Å²) in [4.78, 5) is 0. The summed E-state index contributed by atoms with van der Waals surface area (Å²) in [7, 11) is 0. The first-order chi connectivity index (χ1) is 8.84. The number of para-hydroxylation sites is 1. The fourth-order valence-electron chi connectivity index (χ4n) is 1.27. The van der Waals surface area contributed by atoms with E-state index in [0.29, 0.717) is 0 Å². The SMILES string of the molecule is S=C(/N=N/c1ccccc1)NNc1ccccc1.[Ag]. The minimum Gasteiger partial charge on any atom is -0.299 e. The van der Waals surface area contributed by atoms with E-state index < -0.39 is 0 Å². The molecule has 0 aliphatic carbocycles. The summed E-state index contributed by atoms with van der Waals surface area (Å²) in [6.07, 6.45) is 0. The van der Waals surface area contributed by atoms with Gasteiger partial charge < -0.3 is 0 Å². The van der Waals surface area contributed by atoms with Crippen LogP contribution in [-0.4, -0.2) is 5.11 Å². The van der Waals surface area contributed by atoms with Crippen molar-refractivity contribution in [1.29, 1.82) is 0 Å². The van der Waals surface area contributed by atoms with E-state index in [4.69, 9.17) is 12.2 Å². The molecule has 101 valence electrons. The monoisotopic (exact) mass is 363 g/mol. The summed E-state index contributed by atoms with van der Waals surface area (Å²) in [5.74, 6) is 0. The van der Waals surface area contributed by atoms with E-state index in [1.807, 2.05) is 60.7 Å². The number of thiocarbonyl (C=S) groups is 1. The Bertz CT molecular complexity index is 531. The van der Waals surface area contributed by atoms with E-state index in [2.05, 4.69) is 21.1 Å². The van der Waals surface area contributed by atoms with Crippen LogP contribution in [0.5, 0.6) is 0 Å². The van der Waals surface area contributed by atoms with Crippen LogP contribution in [0.3, 0.4) is 0 Å². The van der Waals surface area contributed by atoms with Crippen molar-refractivity contribution < 1.29 is 22.4 Å². The van der Waals surface area contributed by atoms with Crippen molar-refractivity contribution in [2.75, 3.05) is 5.43 Å². The topological polar surface area (TPSA) is 48.8 Å². The number of hydrogen-bond acceptors (Lipinski definition) is 3. The van der Waals surface area contributed by atoms with Crippen molar-refractivity contribution in [2.24, 2.45) is 10.2 Å². The van der Waals surface area contributed by atoms with Crippen LogP contribution in [0.4, 0.5) is 11.4 Å². The Morgan fingerprint density at radius 2 is 1.47 bits per heavy atom. The molecule has 4 nitrogen and oxygen atoms in total. The van der Waals surface area contributed by atoms with Gasteiger partial charge in [-0.3, -0.25) is 10.9 Å². The van der Waals surface area contributed by atoms with Gasteiger partial charge in [0.15, 0.2) is 0 Å². The smallest absolute Gasteiger partial charge is 0.232 e. The third-order valence-corrected chi connectivity index (χ3v) is 2.28. The van der Waals surface area contributed by atoms with Crippen molar-refractivity contribution in [1.82, 2.24) is 5.43 Å². The van der Waals surface area contributed by atoms with E-state index >= 15 is 0 Å². The van der Waals surface area contributed by atoms with Gasteiger partial charge in [0.2, 0.25) is 5.11 Å². The largest absolute Gasteiger partial charge is 0.299 e. The molecular weight excluding hydrogens is 352 g/mol. The number of rotatable bonds is 3. The van der Waals surface area contributed by atoms with Crippen LogP contribution in [0, 0.1) is 0 Å². The fraction of sp³-hybridized carbons (Fsp3) is 0. The van der Waals surface area contributed by atoms with Crippen LogP contribution in [0.25, 0.3) is 0 Å². The van der Waals surface area contributed by atoms with Gasteiger partial charge in [-0.05, 0) is 36.5 Å². The molecule has 0 atom stereocenters. The van der Waals surface area contributed by atoms with Crippen LogP contribution in [0.15, 0.2) is 70.9 Å². The molecule has 0 aliphatic heterocycles. The number of hydrogen-bond donors (Lipinski definition) is 2. The molecule has 2 aromatic carbocycles. The molecule has 6 heteroatoms. The third kappa shape index (κ3) is 5.76. The zero-order chi connectivity index (χ0) is 12.6. The standard InChI is InChI=1S/C13H12N4S.Ag/c18-13(16-14-11-7-3-1-4-8-11)17-15-12-9-5-2-6-10-12;/h1-10,14H,(H,16,18);/b17-15+;. The van der Waals surface area contributed by atoms with Gasteiger partial charge in [0.25, 0.3) is 0 Å². The van der Waals surface area contributed by atoms with Crippen molar-refractivity contribution in [3.05, 3.63) is 60.7 Å². The Kier molecular flexibility index (Phi) is 6.99. The van der Waals surface area contributed by atoms with Gasteiger partial charge in [-0.2, -0.15) is 0 Å². The fourth-order valence-corrected chi connectivity index (χ4v) is 1.36. The summed E-state index contributed by atoms with van der Waals surface area (Å²) in [6, 6.07) is 19.1. The molecule has 0 aromatic heterocycles. The zero-order valence-corrected chi connectivity index (χ0v) is 12.2. The van der Waals surface area contributed by atoms with Crippen LogP contribution in [0.2, 0.25) is 0 Å². The first-order valence-corrected chi connectivity index (χ1v) is 5.83. The molecule has 0 fully saturated rings.